The number of nitrogens with zero attached hydrogens (tertiary/aromatic N) is 4. The van der Waals surface area contributed by atoms with Crippen molar-refractivity contribution in [1.29, 1.82) is 0 Å². The number of benzene rings is 2. The van der Waals surface area contributed by atoms with Crippen LogP contribution >= 0.6 is 27.7 Å². The minimum atomic E-state index is -3.85. The maximum atomic E-state index is 13.5. The average molecular weight is 696 g/mol. The molecule has 2 aromatic carbocycles. The number of ether oxygens (including phenoxy) is 1. The molecule has 2 aromatic heterocycles. The second-order valence-electron chi connectivity index (χ2n) is 9.08. The number of nitrogens with one attached hydrogen (secondary N) is 1. The summed E-state index contributed by atoms with van der Waals surface area (Å²) in [5.74, 6) is 0.132. The van der Waals surface area contributed by atoms with Gasteiger partial charge in [-0.2, -0.15) is 5.10 Å². The van der Waals surface area contributed by atoms with Crippen molar-refractivity contribution in [3.63, 3.8) is 0 Å². The molecule has 1 saturated heterocycles. The molecule has 0 aliphatic carbocycles. The zero-order valence-electron chi connectivity index (χ0n) is 22.7. The summed E-state index contributed by atoms with van der Waals surface area (Å²) in [7, 11) is -3.85. The summed E-state index contributed by atoms with van der Waals surface area (Å²) >= 11 is 4.58. The highest BCUT2D eigenvalue weighted by Gasteiger charge is 2.34. The summed E-state index contributed by atoms with van der Waals surface area (Å²) in [4.78, 5) is 31.9. The van der Waals surface area contributed by atoms with E-state index in [-0.39, 0.29) is 24.0 Å². The van der Waals surface area contributed by atoms with E-state index >= 15 is 0 Å². The summed E-state index contributed by atoms with van der Waals surface area (Å²) in [6.07, 6.45) is 8.01. The van der Waals surface area contributed by atoms with Crippen LogP contribution in [0.25, 0.3) is 6.08 Å². The van der Waals surface area contributed by atoms with Crippen molar-refractivity contribution in [1.82, 2.24) is 9.88 Å². The Balaban J connectivity index is 1.33. The summed E-state index contributed by atoms with van der Waals surface area (Å²) in [5, 5.41) is 16.5. The number of thioether (sulfide) groups is 1. The number of amides is 2. The average Bonchev–Trinajstić information content (AvgIpc) is 3.61. The summed E-state index contributed by atoms with van der Waals surface area (Å²) in [6.45, 7) is -0.201. The van der Waals surface area contributed by atoms with Gasteiger partial charge in [0.25, 0.3) is 11.8 Å². The number of furan rings is 1. The summed E-state index contributed by atoms with van der Waals surface area (Å²) in [6, 6.07) is 17.7. The Morgan fingerprint density at radius 1 is 1.16 bits per heavy atom. The molecule has 1 fully saturated rings. The molecule has 0 spiro atoms. The smallest absolute Gasteiger partial charge is 0.267 e. The van der Waals surface area contributed by atoms with E-state index in [0.29, 0.717) is 32.8 Å². The molecule has 1 aliphatic rings. The first kappa shape index (κ1) is 30.9. The fraction of sp³-hybridized carbons (Fsp3) is 0.0690. The van der Waals surface area contributed by atoms with Crippen molar-refractivity contribution >= 4 is 72.7 Å². The van der Waals surface area contributed by atoms with Crippen molar-refractivity contribution in [2.75, 3.05) is 11.9 Å². The predicted molar refractivity (Wildman–Crippen MR) is 170 cm³/mol. The van der Waals surface area contributed by atoms with E-state index in [0.717, 1.165) is 21.8 Å². The second kappa shape index (κ2) is 13.8. The van der Waals surface area contributed by atoms with Crippen molar-refractivity contribution in [2.24, 2.45) is 15.3 Å². The Morgan fingerprint density at radius 3 is 2.68 bits per heavy atom. The number of anilines is 1. The molecule has 0 radical (unpaired) electrons. The number of halogens is 1. The molecule has 5 rings (SSSR count). The first-order valence-electron chi connectivity index (χ1n) is 12.8. The van der Waals surface area contributed by atoms with Crippen LogP contribution < -0.4 is 15.2 Å². The first-order valence-corrected chi connectivity index (χ1v) is 15.9. The van der Waals surface area contributed by atoms with Gasteiger partial charge in [0, 0.05) is 33.7 Å². The lowest BCUT2D eigenvalue weighted by Crippen LogP contribution is -2.28. The molecule has 15 heteroatoms. The number of sulfonamides is 1. The molecule has 0 bridgehead atoms. The second-order valence-corrected chi connectivity index (χ2v) is 12.6. The lowest BCUT2D eigenvalue weighted by atomic mass is 10.2. The van der Waals surface area contributed by atoms with Gasteiger partial charge in [-0.25, -0.2) is 13.6 Å². The highest BCUT2D eigenvalue weighted by Crippen LogP contribution is 2.36. The summed E-state index contributed by atoms with van der Waals surface area (Å²) in [5.41, 5.74) is 1.66. The number of primary sulfonamides is 1. The zero-order valence-corrected chi connectivity index (χ0v) is 25.9. The molecule has 44 heavy (non-hydrogen) atoms. The Morgan fingerprint density at radius 2 is 1.98 bits per heavy atom. The van der Waals surface area contributed by atoms with E-state index in [1.165, 1.54) is 41.6 Å². The van der Waals surface area contributed by atoms with Crippen LogP contribution in [0.1, 0.15) is 16.9 Å². The van der Waals surface area contributed by atoms with Crippen LogP contribution in [-0.2, 0) is 26.2 Å². The number of carbonyl (C=O) groups is 2. The quantitative estimate of drug-likeness (QED) is 0.138. The van der Waals surface area contributed by atoms with E-state index in [1.54, 1.807) is 54.9 Å². The van der Waals surface area contributed by atoms with E-state index in [2.05, 4.69) is 36.4 Å². The van der Waals surface area contributed by atoms with E-state index < -0.39 is 15.9 Å². The largest absolute Gasteiger partial charge is 0.483 e. The molecule has 0 unspecified atom stereocenters. The monoisotopic (exact) mass is 694 g/mol. The predicted octanol–water partition coefficient (Wildman–Crippen LogP) is 4.61. The zero-order chi connectivity index (χ0) is 31.1. The molecule has 1 aliphatic heterocycles. The van der Waals surface area contributed by atoms with Gasteiger partial charge >= 0.3 is 0 Å². The topological polar surface area (TPSA) is 170 Å². The molecular formula is C29H23BrN6O6S2. The van der Waals surface area contributed by atoms with Crippen LogP contribution in [0.4, 0.5) is 5.69 Å². The normalized spacial score (nSPS) is 15.4. The van der Waals surface area contributed by atoms with Gasteiger partial charge in [0.2, 0.25) is 10.0 Å². The van der Waals surface area contributed by atoms with Crippen LogP contribution in [0.15, 0.2) is 114 Å². The maximum Gasteiger partial charge on any atom is 0.267 e. The molecule has 4 aromatic rings. The van der Waals surface area contributed by atoms with Crippen molar-refractivity contribution in [2.45, 2.75) is 11.4 Å². The Labute approximate surface area is 264 Å². The van der Waals surface area contributed by atoms with Crippen molar-refractivity contribution in [3.8, 4) is 5.75 Å². The van der Waals surface area contributed by atoms with E-state index in [1.807, 2.05) is 6.07 Å². The standard InChI is InChI=1S/C29H23BrN6O6S2/c30-21-5-10-25(42-18-27(37)34-22-6-8-24(9-7-22)44(31,39)40)20(13-21)14-26-28(38)36(17-23-4-2-12-41-23)29(43-26)35-33-16-19-3-1-11-32-15-19/h1-16H,17-18H2,(H,34,37)(H2,31,39,40)/b26-14-,33-16-,35-29+. The number of hydrogen-bond acceptors (Lipinski definition) is 10. The van der Waals surface area contributed by atoms with Crippen LogP contribution in [-0.4, -0.2) is 48.1 Å². The lowest BCUT2D eigenvalue weighted by molar-refractivity contribution is -0.122. The minimum Gasteiger partial charge on any atom is -0.483 e. The molecule has 12 nitrogen and oxygen atoms in total. The van der Waals surface area contributed by atoms with Crippen LogP contribution in [0.5, 0.6) is 5.75 Å². The Kier molecular flexibility index (Phi) is 9.69. The fourth-order valence-electron chi connectivity index (χ4n) is 3.85. The van der Waals surface area contributed by atoms with Gasteiger partial charge in [0.15, 0.2) is 11.8 Å². The van der Waals surface area contributed by atoms with Gasteiger partial charge in [-0.05, 0) is 78.5 Å². The number of pyridine rings is 1. The lowest BCUT2D eigenvalue weighted by Gasteiger charge is -2.13. The summed E-state index contributed by atoms with van der Waals surface area (Å²) < 4.78 is 34.9. The SMILES string of the molecule is NS(=O)(=O)c1ccc(NC(=O)COc2ccc(Br)cc2/C=C2\S/C(=N/N=C\c3cccnc3)N(Cc3ccco3)C2=O)cc1. The first-order chi connectivity index (χ1) is 21.2. The van der Waals surface area contributed by atoms with Gasteiger partial charge < -0.3 is 14.5 Å². The molecule has 0 atom stereocenters. The fourth-order valence-corrected chi connectivity index (χ4v) is 5.67. The highest BCUT2D eigenvalue weighted by atomic mass is 79.9. The number of aromatic nitrogens is 1. The van der Waals surface area contributed by atoms with Crippen LogP contribution in [0, 0.1) is 0 Å². The highest BCUT2D eigenvalue weighted by molar-refractivity contribution is 9.10. The third-order valence-corrected chi connectivity index (χ3v) is 8.32. The van der Waals surface area contributed by atoms with Crippen molar-refractivity contribution in [3.05, 3.63) is 112 Å². The van der Waals surface area contributed by atoms with Gasteiger partial charge in [-0.1, -0.05) is 22.0 Å². The maximum absolute atomic E-state index is 13.5. The third kappa shape index (κ3) is 8.08. The molecule has 2 amide bonds. The van der Waals surface area contributed by atoms with Gasteiger partial charge in [-0.15, -0.1) is 5.10 Å². The number of hydrogen-bond donors (Lipinski definition) is 2. The number of nitrogens with two attached hydrogens (primary N) is 1. The Bertz CT molecular complexity index is 1860. The van der Waals surface area contributed by atoms with Crippen LogP contribution in [0.3, 0.4) is 0 Å². The molecular weight excluding hydrogens is 672 g/mol. The number of carbonyl (C=O) groups excluding carboxylic acids is 2. The van der Waals surface area contributed by atoms with Gasteiger partial charge in [0.05, 0.1) is 28.8 Å². The molecule has 3 heterocycles. The number of amidine groups is 1. The minimum absolute atomic E-state index is 0.0742. The third-order valence-electron chi connectivity index (χ3n) is 5.90. The van der Waals surface area contributed by atoms with Crippen LogP contribution in [0.2, 0.25) is 0 Å². The molecule has 3 N–H and O–H groups in total. The Hall–Kier alpha value is -4.57. The van der Waals surface area contributed by atoms with E-state index in [9.17, 15) is 18.0 Å². The van der Waals surface area contributed by atoms with Gasteiger partial charge in [-0.3, -0.25) is 19.5 Å². The van der Waals surface area contributed by atoms with E-state index in [4.69, 9.17) is 14.3 Å². The molecule has 224 valence electrons. The van der Waals surface area contributed by atoms with Gasteiger partial charge in [0.1, 0.15) is 11.5 Å². The molecule has 0 saturated carbocycles. The number of rotatable bonds is 10. The van der Waals surface area contributed by atoms with Crippen molar-refractivity contribution < 1.29 is 27.2 Å².